The zero-order valence-electron chi connectivity index (χ0n) is 14.3. The van der Waals surface area contributed by atoms with Gasteiger partial charge in [0.2, 0.25) is 5.88 Å². The van der Waals surface area contributed by atoms with Crippen molar-refractivity contribution in [3.8, 4) is 5.88 Å². The van der Waals surface area contributed by atoms with Crippen molar-refractivity contribution in [1.29, 1.82) is 0 Å². The van der Waals surface area contributed by atoms with E-state index in [0.29, 0.717) is 5.56 Å². The van der Waals surface area contributed by atoms with Gasteiger partial charge in [-0.1, -0.05) is 23.7 Å². The average molecular weight is 407 g/mol. The molecule has 2 atom stereocenters. The molecule has 26 heavy (non-hydrogen) atoms. The van der Waals surface area contributed by atoms with E-state index in [2.05, 4.69) is 14.4 Å². The smallest absolute Gasteiger partial charge is 0.388 e. The third kappa shape index (κ3) is 5.51. The summed E-state index contributed by atoms with van der Waals surface area (Å²) in [6.07, 6.45) is 0. The minimum Gasteiger partial charge on any atom is -0.598 e. The molecule has 0 radical (unpaired) electrons. The Morgan fingerprint density at radius 3 is 2.50 bits per heavy atom. The number of aromatic nitrogens is 1. The van der Waals surface area contributed by atoms with E-state index in [4.69, 9.17) is 11.6 Å². The Morgan fingerprint density at radius 2 is 1.92 bits per heavy atom. The Kier molecular flexibility index (Phi) is 6.79. The molecule has 1 aromatic carbocycles. The van der Waals surface area contributed by atoms with Gasteiger partial charge in [-0.2, -0.15) is 8.78 Å². The topological polar surface area (TPSA) is 57.2 Å². The lowest BCUT2D eigenvalue weighted by Crippen LogP contribution is -2.41. The lowest BCUT2D eigenvalue weighted by Gasteiger charge is -2.28. The predicted molar refractivity (Wildman–Crippen MR) is 95.2 cm³/mol. The molecule has 1 heterocycles. The monoisotopic (exact) mass is 406 g/mol. The van der Waals surface area contributed by atoms with Gasteiger partial charge in [-0.05, 0) is 44.5 Å². The van der Waals surface area contributed by atoms with Crippen LogP contribution in [-0.2, 0) is 11.4 Å². The van der Waals surface area contributed by atoms with Crippen LogP contribution in [0.2, 0.25) is 5.02 Å². The van der Waals surface area contributed by atoms with Crippen LogP contribution in [0.15, 0.2) is 36.4 Å². The van der Waals surface area contributed by atoms with Crippen LogP contribution in [0.5, 0.6) is 5.88 Å². The summed E-state index contributed by atoms with van der Waals surface area (Å²) >= 11 is 4.34. The van der Waals surface area contributed by atoms with Gasteiger partial charge in [0, 0.05) is 17.4 Å². The molecule has 1 aromatic heterocycles. The Balaban J connectivity index is 2.44. The Hall–Kier alpha value is -1.48. The Labute approximate surface area is 158 Å². The van der Waals surface area contributed by atoms with Crippen LogP contribution >= 0.6 is 11.6 Å². The molecule has 0 saturated carbocycles. The second-order valence-electron chi connectivity index (χ2n) is 6.38. The fraction of sp³-hybridized carbons (Fsp3) is 0.353. The average Bonchev–Trinajstić information content (AvgIpc) is 2.54. The van der Waals surface area contributed by atoms with Gasteiger partial charge < -0.3 is 9.29 Å². The van der Waals surface area contributed by atoms with Gasteiger partial charge in [0.1, 0.15) is 16.6 Å². The number of benzene rings is 1. The molecule has 0 amide bonds. The molecule has 2 rings (SSSR count). The van der Waals surface area contributed by atoms with Crippen LogP contribution in [0.3, 0.4) is 0 Å². The van der Waals surface area contributed by atoms with E-state index >= 15 is 0 Å². The molecule has 0 spiro atoms. The van der Waals surface area contributed by atoms with E-state index in [-0.39, 0.29) is 16.6 Å². The normalized spacial score (nSPS) is 14.3. The summed E-state index contributed by atoms with van der Waals surface area (Å²) in [5.74, 6) is -0.882. The van der Waals surface area contributed by atoms with E-state index < -0.39 is 34.6 Å². The van der Waals surface area contributed by atoms with Gasteiger partial charge in [0.05, 0.1) is 10.7 Å². The SMILES string of the molecule is CC(C)(C)[S+]([O-])N[C@H](c1ccc(F)c(Cl)c1)c1cccc(OC(F)F)n1. The highest BCUT2D eigenvalue weighted by Crippen LogP contribution is 2.29. The molecule has 1 N–H and O–H groups in total. The minimum absolute atomic E-state index is 0.115. The lowest BCUT2D eigenvalue weighted by molar-refractivity contribution is -0.0529. The Morgan fingerprint density at radius 1 is 1.23 bits per heavy atom. The highest BCUT2D eigenvalue weighted by molar-refractivity contribution is 7.90. The third-order valence-corrected chi connectivity index (χ3v) is 5.16. The van der Waals surface area contributed by atoms with Crippen molar-refractivity contribution < 1.29 is 22.5 Å². The van der Waals surface area contributed by atoms with E-state index in [1.165, 1.54) is 30.3 Å². The zero-order valence-corrected chi connectivity index (χ0v) is 15.9. The van der Waals surface area contributed by atoms with Gasteiger partial charge >= 0.3 is 6.61 Å². The lowest BCUT2D eigenvalue weighted by atomic mass is 10.0. The standard InChI is InChI=1S/C17H18ClF3N2O2S/c1-17(2,3)26(24)23-15(10-7-8-12(19)11(18)9-10)13-5-4-6-14(22-13)25-16(20)21/h4-9,15-16,23H,1-3H3/t15-,26?/m1/s1. The molecule has 0 aliphatic rings. The van der Waals surface area contributed by atoms with Gasteiger partial charge in [-0.3, -0.25) is 0 Å². The highest BCUT2D eigenvalue weighted by Gasteiger charge is 2.31. The highest BCUT2D eigenvalue weighted by atomic mass is 35.5. The summed E-state index contributed by atoms with van der Waals surface area (Å²) in [6.45, 7) is 2.30. The molecule has 0 aliphatic carbocycles. The fourth-order valence-corrected chi connectivity index (χ4v) is 3.04. The predicted octanol–water partition coefficient (Wildman–Crippen LogP) is 4.62. The summed E-state index contributed by atoms with van der Waals surface area (Å²) < 4.78 is 57.6. The van der Waals surface area contributed by atoms with Crippen molar-refractivity contribution in [2.45, 2.75) is 38.2 Å². The van der Waals surface area contributed by atoms with Gasteiger partial charge in [0.15, 0.2) is 0 Å². The van der Waals surface area contributed by atoms with Crippen LogP contribution in [0, 0.1) is 5.82 Å². The number of nitrogens with zero attached hydrogens (tertiary/aromatic N) is 1. The summed E-state index contributed by atoms with van der Waals surface area (Å²) in [7, 11) is 0. The summed E-state index contributed by atoms with van der Waals surface area (Å²) in [6, 6.07) is 7.57. The molecule has 9 heteroatoms. The molecule has 0 fully saturated rings. The van der Waals surface area contributed by atoms with Crippen molar-refractivity contribution in [2.75, 3.05) is 0 Å². The molecule has 0 bridgehead atoms. The largest absolute Gasteiger partial charge is 0.598 e. The first-order valence-electron chi connectivity index (χ1n) is 7.62. The summed E-state index contributed by atoms with van der Waals surface area (Å²) in [5, 5.41) is -0.115. The zero-order chi connectivity index (χ0) is 19.5. The molecule has 0 saturated heterocycles. The van der Waals surface area contributed by atoms with Crippen LogP contribution < -0.4 is 9.46 Å². The minimum atomic E-state index is -3.02. The van der Waals surface area contributed by atoms with E-state index in [0.717, 1.165) is 0 Å². The maximum Gasteiger partial charge on any atom is 0.388 e. The second kappa shape index (κ2) is 8.47. The fourth-order valence-electron chi connectivity index (χ4n) is 2.02. The number of hydrogen-bond donors (Lipinski definition) is 1. The summed E-state index contributed by atoms with van der Waals surface area (Å²) in [4.78, 5) is 4.04. The third-order valence-electron chi connectivity index (χ3n) is 3.31. The molecular weight excluding hydrogens is 389 g/mol. The second-order valence-corrected chi connectivity index (χ2v) is 8.79. The molecule has 4 nitrogen and oxygen atoms in total. The maximum atomic E-state index is 13.5. The molecule has 1 unspecified atom stereocenters. The molecule has 142 valence electrons. The van der Waals surface area contributed by atoms with Crippen LogP contribution in [0.4, 0.5) is 13.2 Å². The van der Waals surface area contributed by atoms with E-state index in [1.54, 1.807) is 26.8 Å². The number of ether oxygens (including phenoxy) is 1. The van der Waals surface area contributed by atoms with Crippen LogP contribution in [-0.4, -0.2) is 20.9 Å². The summed E-state index contributed by atoms with van der Waals surface area (Å²) in [5.41, 5.74) is 0.763. The first-order chi connectivity index (χ1) is 12.1. The van der Waals surface area contributed by atoms with Crippen molar-refractivity contribution in [2.24, 2.45) is 0 Å². The van der Waals surface area contributed by atoms with Crippen molar-refractivity contribution in [1.82, 2.24) is 9.71 Å². The number of pyridine rings is 1. The van der Waals surface area contributed by atoms with Gasteiger partial charge in [-0.15, -0.1) is 4.72 Å². The maximum absolute atomic E-state index is 13.5. The number of nitrogens with one attached hydrogen (secondary N) is 1. The molecule has 2 aromatic rings. The van der Waals surface area contributed by atoms with Gasteiger partial charge in [-0.25, -0.2) is 9.37 Å². The number of hydrogen-bond acceptors (Lipinski definition) is 4. The van der Waals surface area contributed by atoms with Crippen molar-refractivity contribution >= 4 is 23.0 Å². The number of halogens is 4. The van der Waals surface area contributed by atoms with Crippen molar-refractivity contribution in [3.63, 3.8) is 0 Å². The number of rotatable bonds is 6. The molecular formula is C17H18ClF3N2O2S. The molecule has 0 aliphatic heterocycles. The number of alkyl halides is 2. The first-order valence-corrected chi connectivity index (χ1v) is 9.15. The van der Waals surface area contributed by atoms with E-state index in [1.807, 2.05) is 0 Å². The van der Waals surface area contributed by atoms with E-state index in [9.17, 15) is 17.7 Å². The van der Waals surface area contributed by atoms with Crippen molar-refractivity contribution in [3.05, 3.63) is 58.5 Å². The van der Waals surface area contributed by atoms with Crippen LogP contribution in [0.1, 0.15) is 38.1 Å². The van der Waals surface area contributed by atoms with Crippen LogP contribution in [0.25, 0.3) is 0 Å². The first kappa shape index (κ1) is 20.8. The Bertz CT molecular complexity index is 759. The van der Waals surface area contributed by atoms with Gasteiger partial charge in [0.25, 0.3) is 0 Å². The quantitative estimate of drug-likeness (QED) is 0.711.